The lowest BCUT2D eigenvalue weighted by Gasteiger charge is -2.31. The van der Waals surface area contributed by atoms with Crippen LogP contribution >= 0.6 is 0 Å². The van der Waals surface area contributed by atoms with E-state index in [1.165, 1.54) is 0 Å². The van der Waals surface area contributed by atoms with Crippen LogP contribution in [-0.2, 0) is 4.79 Å². The highest BCUT2D eigenvalue weighted by Crippen LogP contribution is 2.15. The molecule has 0 unspecified atom stereocenters. The summed E-state index contributed by atoms with van der Waals surface area (Å²) >= 11 is 0. The van der Waals surface area contributed by atoms with Gasteiger partial charge >= 0.3 is 0 Å². The fourth-order valence-corrected chi connectivity index (χ4v) is 1.33. The minimum atomic E-state index is 0.0272. The maximum Gasteiger partial charge on any atom is 0.222 e. The first-order valence-electron chi connectivity index (χ1n) is 5.44. The molecule has 0 saturated heterocycles. The molecule has 3 nitrogen and oxygen atoms in total. The van der Waals surface area contributed by atoms with Crippen LogP contribution in [-0.4, -0.2) is 30.4 Å². The molecule has 0 aromatic heterocycles. The Hall–Kier alpha value is -0.570. The van der Waals surface area contributed by atoms with Gasteiger partial charge in [-0.1, -0.05) is 20.8 Å². The summed E-state index contributed by atoms with van der Waals surface area (Å²) in [4.78, 5) is 13.6. The summed E-state index contributed by atoms with van der Waals surface area (Å²) < 4.78 is 0. The van der Waals surface area contributed by atoms with Crippen molar-refractivity contribution in [2.75, 3.05) is 19.6 Å². The van der Waals surface area contributed by atoms with Gasteiger partial charge in [-0.05, 0) is 25.3 Å². The third kappa shape index (κ3) is 4.61. The number of nitrogens with zero attached hydrogens (tertiary/aromatic N) is 1. The summed E-state index contributed by atoms with van der Waals surface area (Å²) in [5, 5.41) is 0. The van der Waals surface area contributed by atoms with Crippen molar-refractivity contribution in [3.63, 3.8) is 0 Å². The van der Waals surface area contributed by atoms with Gasteiger partial charge < -0.3 is 10.6 Å². The average molecular weight is 200 g/mol. The molecule has 0 aromatic carbocycles. The summed E-state index contributed by atoms with van der Waals surface area (Å²) in [5.41, 5.74) is 5.67. The van der Waals surface area contributed by atoms with E-state index in [4.69, 9.17) is 5.73 Å². The first-order valence-corrected chi connectivity index (χ1v) is 5.44. The molecule has 0 radical (unpaired) electrons. The molecule has 0 rings (SSSR count). The maximum absolute atomic E-state index is 11.7. The van der Waals surface area contributed by atoms with Crippen molar-refractivity contribution in [3.05, 3.63) is 0 Å². The van der Waals surface area contributed by atoms with Crippen LogP contribution in [0.25, 0.3) is 0 Å². The molecule has 0 aliphatic rings. The lowest BCUT2D eigenvalue weighted by atomic mass is 9.93. The van der Waals surface area contributed by atoms with Crippen molar-refractivity contribution in [1.29, 1.82) is 0 Å². The van der Waals surface area contributed by atoms with Gasteiger partial charge in [-0.25, -0.2) is 0 Å². The zero-order chi connectivity index (χ0) is 11.2. The molecule has 0 saturated carbocycles. The van der Waals surface area contributed by atoms with E-state index < -0.39 is 0 Å². The van der Waals surface area contributed by atoms with Gasteiger partial charge in [-0.3, -0.25) is 4.79 Å². The van der Waals surface area contributed by atoms with E-state index in [0.717, 1.165) is 19.5 Å². The summed E-state index contributed by atoms with van der Waals surface area (Å²) in [6.07, 6.45) is 1.56. The molecule has 0 aliphatic heterocycles. The Kier molecular flexibility index (Phi) is 5.77. The monoisotopic (exact) mass is 200 g/mol. The highest BCUT2D eigenvalue weighted by molar-refractivity contribution is 5.76. The van der Waals surface area contributed by atoms with Crippen LogP contribution in [0.3, 0.4) is 0 Å². The predicted octanol–water partition coefficient (Wildman–Crippen LogP) is 1.62. The van der Waals surface area contributed by atoms with Gasteiger partial charge in [-0.2, -0.15) is 0 Å². The van der Waals surface area contributed by atoms with Crippen LogP contribution in [0.1, 0.15) is 40.5 Å². The molecule has 1 amide bonds. The standard InChI is InChI=1S/C11H24N2O/c1-5-7-10(14)13(6-2)9-11(3,4)8-12/h5-9,12H2,1-4H3. The molecule has 0 fully saturated rings. The zero-order valence-electron chi connectivity index (χ0n) is 9.97. The van der Waals surface area contributed by atoms with E-state index in [1.54, 1.807) is 0 Å². The van der Waals surface area contributed by atoms with Crippen molar-refractivity contribution in [3.8, 4) is 0 Å². The fourth-order valence-electron chi connectivity index (χ4n) is 1.33. The van der Waals surface area contributed by atoms with E-state index in [-0.39, 0.29) is 11.3 Å². The molecule has 0 aromatic rings. The zero-order valence-corrected chi connectivity index (χ0v) is 9.97. The Morgan fingerprint density at radius 3 is 2.29 bits per heavy atom. The molecular formula is C11H24N2O. The molecule has 0 heterocycles. The number of carbonyl (C=O) groups excluding carboxylic acids is 1. The summed E-state index contributed by atoms with van der Waals surface area (Å²) in [7, 11) is 0. The van der Waals surface area contributed by atoms with Gasteiger partial charge in [0.15, 0.2) is 0 Å². The summed E-state index contributed by atoms with van der Waals surface area (Å²) in [5.74, 6) is 0.247. The van der Waals surface area contributed by atoms with Gasteiger partial charge in [-0.15, -0.1) is 0 Å². The Labute approximate surface area is 87.6 Å². The highest BCUT2D eigenvalue weighted by Gasteiger charge is 2.21. The summed E-state index contributed by atoms with van der Waals surface area (Å²) in [6.45, 7) is 10.4. The minimum Gasteiger partial charge on any atom is -0.342 e. The minimum absolute atomic E-state index is 0.0272. The van der Waals surface area contributed by atoms with Gasteiger partial charge in [0.2, 0.25) is 5.91 Å². The maximum atomic E-state index is 11.7. The summed E-state index contributed by atoms with van der Waals surface area (Å²) in [6, 6.07) is 0. The van der Waals surface area contributed by atoms with E-state index in [0.29, 0.717) is 13.0 Å². The second-order valence-electron chi connectivity index (χ2n) is 4.53. The van der Waals surface area contributed by atoms with Gasteiger partial charge in [0.1, 0.15) is 0 Å². The smallest absolute Gasteiger partial charge is 0.222 e. The highest BCUT2D eigenvalue weighted by atomic mass is 16.2. The van der Waals surface area contributed by atoms with Crippen molar-refractivity contribution < 1.29 is 4.79 Å². The Bertz CT molecular complexity index is 178. The molecule has 0 aliphatic carbocycles. The molecule has 2 N–H and O–H groups in total. The lowest BCUT2D eigenvalue weighted by molar-refractivity contribution is -0.132. The number of hydrogen-bond acceptors (Lipinski definition) is 2. The SMILES string of the molecule is CCCC(=O)N(CC)CC(C)(C)CN. The largest absolute Gasteiger partial charge is 0.342 e. The average Bonchev–Trinajstić information content (AvgIpc) is 2.14. The molecule has 0 spiro atoms. The Morgan fingerprint density at radius 2 is 1.93 bits per heavy atom. The molecule has 0 atom stereocenters. The molecule has 0 bridgehead atoms. The van der Waals surface area contributed by atoms with E-state index >= 15 is 0 Å². The normalized spacial score (nSPS) is 11.5. The van der Waals surface area contributed by atoms with Crippen molar-refractivity contribution in [1.82, 2.24) is 4.90 Å². The number of amides is 1. The molecule has 84 valence electrons. The lowest BCUT2D eigenvalue weighted by Crippen LogP contribution is -2.41. The van der Waals surface area contributed by atoms with E-state index in [2.05, 4.69) is 13.8 Å². The van der Waals surface area contributed by atoms with Crippen LogP contribution in [0.15, 0.2) is 0 Å². The molecule has 14 heavy (non-hydrogen) atoms. The van der Waals surface area contributed by atoms with Crippen LogP contribution in [0.2, 0.25) is 0 Å². The number of rotatable bonds is 6. The van der Waals surface area contributed by atoms with Gasteiger partial charge in [0, 0.05) is 19.5 Å². The number of carbonyl (C=O) groups is 1. The third-order valence-electron chi connectivity index (χ3n) is 2.37. The number of hydrogen-bond donors (Lipinski definition) is 1. The van der Waals surface area contributed by atoms with Crippen LogP contribution < -0.4 is 5.73 Å². The van der Waals surface area contributed by atoms with Crippen LogP contribution in [0.4, 0.5) is 0 Å². The van der Waals surface area contributed by atoms with Gasteiger partial charge in [0.05, 0.1) is 0 Å². The van der Waals surface area contributed by atoms with Gasteiger partial charge in [0.25, 0.3) is 0 Å². The Morgan fingerprint density at radius 1 is 1.36 bits per heavy atom. The number of nitrogens with two attached hydrogens (primary N) is 1. The quantitative estimate of drug-likeness (QED) is 0.708. The van der Waals surface area contributed by atoms with Crippen molar-refractivity contribution in [2.24, 2.45) is 11.1 Å². The fraction of sp³-hybridized carbons (Fsp3) is 0.909. The van der Waals surface area contributed by atoms with Crippen LogP contribution in [0, 0.1) is 5.41 Å². The Balaban J connectivity index is 4.21. The van der Waals surface area contributed by atoms with Crippen molar-refractivity contribution >= 4 is 5.91 Å². The van der Waals surface area contributed by atoms with E-state index in [1.807, 2.05) is 18.7 Å². The first kappa shape index (κ1) is 13.4. The second-order valence-corrected chi connectivity index (χ2v) is 4.53. The van der Waals surface area contributed by atoms with Crippen molar-refractivity contribution in [2.45, 2.75) is 40.5 Å². The van der Waals surface area contributed by atoms with E-state index in [9.17, 15) is 4.79 Å². The second kappa shape index (κ2) is 6.02. The third-order valence-corrected chi connectivity index (χ3v) is 2.37. The van der Waals surface area contributed by atoms with Crippen LogP contribution in [0.5, 0.6) is 0 Å². The predicted molar refractivity (Wildman–Crippen MR) is 60.0 cm³/mol. The molecular weight excluding hydrogens is 176 g/mol. The topological polar surface area (TPSA) is 46.3 Å². The molecule has 3 heteroatoms. The first-order chi connectivity index (χ1) is 6.46.